The number of guanidine groups is 1. The number of aromatic nitrogens is 4. The Bertz CT molecular complexity index is 966. The standard InChI is InChI=1S/C19H21FN8S/c1-12-9-13(2)25-18(24-12)27-17(22-8-7-16-10-21-11-23-16)28-19(29)26-15-5-3-14(20)4-6-15/h3-6,9-11H,7-8H2,1-2H3,(H,21,23)(H3,22,24,25,26,27,28,29). The molecule has 0 spiro atoms. The molecule has 8 nitrogen and oxygen atoms in total. The van der Waals surface area contributed by atoms with E-state index < -0.39 is 0 Å². The van der Waals surface area contributed by atoms with Crippen molar-refractivity contribution < 1.29 is 4.39 Å². The Morgan fingerprint density at radius 2 is 1.86 bits per heavy atom. The molecule has 10 heteroatoms. The van der Waals surface area contributed by atoms with Crippen molar-refractivity contribution in [2.75, 3.05) is 17.2 Å². The summed E-state index contributed by atoms with van der Waals surface area (Å²) in [5.41, 5.74) is 3.30. The Hall–Kier alpha value is -3.40. The number of hydrogen-bond acceptors (Lipinski definition) is 5. The van der Waals surface area contributed by atoms with Crippen LogP contribution in [0.1, 0.15) is 17.1 Å². The average Bonchev–Trinajstić information content (AvgIpc) is 3.16. The minimum absolute atomic E-state index is 0.300. The van der Waals surface area contributed by atoms with Gasteiger partial charge in [0.15, 0.2) is 5.11 Å². The summed E-state index contributed by atoms with van der Waals surface area (Å²) < 4.78 is 13.1. The van der Waals surface area contributed by atoms with E-state index in [2.05, 4.69) is 40.9 Å². The number of nitrogens with one attached hydrogen (secondary N) is 4. The minimum atomic E-state index is -0.316. The maximum atomic E-state index is 13.1. The zero-order valence-electron chi connectivity index (χ0n) is 16.0. The van der Waals surface area contributed by atoms with Gasteiger partial charge in [0.25, 0.3) is 0 Å². The first-order chi connectivity index (χ1) is 14.0. The van der Waals surface area contributed by atoms with Crippen molar-refractivity contribution in [2.24, 2.45) is 4.99 Å². The van der Waals surface area contributed by atoms with Gasteiger partial charge in [-0.05, 0) is 56.4 Å². The van der Waals surface area contributed by atoms with E-state index in [1.807, 2.05) is 19.9 Å². The van der Waals surface area contributed by atoms with Crippen molar-refractivity contribution in [1.29, 1.82) is 0 Å². The Labute approximate surface area is 173 Å². The monoisotopic (exact) mass is 412 g/mol. The van der Waals surface area contributed by atoms with Gasteiger partial charge in [-0.25, -0.2) is 19.3 Å². The summed E-state index contributed by atoms with van der Waals surface area (Å²) >= 11 is 5.35. The summed E-state index contributed by atoms with van der Waals surface area (Å²) in [6.45, 7) is 4.27. The molecule has 0 fully saturated rings. The third-order valence-corrected chi connectivity index (χ3v) is 3.96. The molecule has 3 rings (SSSR count). The van der Waals surface area contributed by atoms with Crippen LogP contribution in [0, 0.1) is 19.7 Å². The van der Waals surface area contributed by atoms with Crippen LogP contribution in [0.3, 0.4) is 0 Å². The number of aryl methyl sites for hydroxylation is 2. The molecular formula is C19H21FN8S. The summed E-state index contributed by atoms with van der Waals surface area (Å²) in [6.07, 6.45) is 4.06. The number of thiocarbonyl (C=S) groups is 1. The van der Waals surface area contributed by atoms with Crippen LogP contribution in [0.25, 0.3) is 0 Å². The van der Waals surface area contributed by atoms with Crippen molar-refractivity contribution in [3.63, 3.8) is 0 Å². The second kappa shape index (κ2) is 9.69. The van der Waals surface area contributed by atoms with Crippen molar-refractivity contribution in [3.8, 4) is 0 Å². The Morgan fingerprint density at radius 3 is 2.52 bits per heavy atom. The molecule has 0 atom stereocenters. The van der Waals surface area contributed by atoms with Gasteiger partial charge in [-0.2, -0.15) is 0 Å². The van der Waals surface area contributed by atoms with E-state index in [0.717, 1.165) is 17.1 Å². The summed E-state index contributed by atoms with van der Waals surface area (Å²) in [5, 5.41) is 9.36. The quantitative estimate of drug-likeness (QED) is 0.290. The first-order valence-corrected chi connectivity index (χ1v) is 9.33. The molecule has 0 amide bonds. The van der Waals surface area contributed by atoms with E-state index in [1.54, 1.807) is 24.7 Å². The highest BCUT2D eigenvalue weighted by Crippen LogP contribution is 2.08. The molecule has 150 valence electrons. The summed E-state index contributed by atoms with van der Waals surface area (Å²) in [4.78, 5) is 20.3. The number of hydrogen-bond donors (Lipinski definition) is 4. The second-order valence-electron chi connectivity index (χ2n) is 6.24. The molecule has 2 aromatic heterocycles. The molecule has 0 aliphatic heterocycles. The predicted octanol–water partition coefficient (Wildman–Crippen LogP) is 2.95. The fourth-order valence-corrected chi connectivity index (χ4v) is 2.73. The van der Waals surface area contributed by atoms with Crippen molar-refractivity contribution in [3.05, 3.63) is 65.8 Å². The van der Waals surface area contributed by atoms with E-state index in [1.165, 1.54) is 12.1 Å². The number of rotatable bonds is 5. The Morgan fingerprint density at radius 1 is 1.14 bits per heavy atom. The fourth-order valence-electron chi connectivity index (χ4n) is 2.51. The largest absolute Gasteiger partial charge is 0.348 e. The van der Waals surface area contributed by atoms with Gasteiger partial charge >= 0.3 is 0 Å². The summed E-state index contributed by atoms with van der Waals surface area (Å²) in [5.74, 6) is 0.498. The first kappa shape index (κ1) is 20.3. The van der Waals surface area contributed by atoms with E-state index in [-0.39, 0.29) is 5.82 Å². The van der Waals surface area contributed by atoms with Gasteiger partial charge in [0.1, 0.15) is 5.82 Å². The van der Waals surface area contributed by atoms with Crippen LogP contribution in [0.15, 0.2) is 47.8 Å². The van der Waals surface area contributed by atoms with Crippen LogP contribution in [-0.4, -0.2) is 37.6 Å². The Kier molecular flexibility index (Phi) is 6.80. The number of aliphatic imine (C=N–C) groups is 1. The van der Waals surface area contributed by atoms with Gasteiger partial charge in [0.2, 0.25) is 11.9 Å². The van der Waals surface area contributed by atoms with Crippen LogP contribution in [0.5, 0.6) is 0 Å². The maximum absolute atomic E-state index is 13.1. The molecule has 0 saturated heterocycles. The lowest BCUT2D eigenvalue weighted by Crippen LogP contribution is -2.39. The van der Waals surface area contributed by atoms with E-state index in [9.17, 15) is 4.39 Å². The lowest BCUT2D eigenvalue weighted by atomic mass is 10.3. The van der Waals surface area contributed by atoms with Crippen LogP contribution in [0.2, 0.25) is 0 Å². The van der Waals surface area contributed by atoms with Gasteiger partial charge in [-0.3, -0.25) is 10.3 Å². The van der Waals surface area contributed by atoms with Gasteiger partial charge in [-0.1, -0.05) is 0 Å². The zero-order valence-corrected chi connectivity index (χ0v) is 16.8. The second-order valence-corrected chi connectivity index (χ2v) is 6.65. The van der Waals surface area contributed by atoms with Crippen LogP contribution in [0.4, 0.5) is 16.0 Å². The number of benzene rings is 1. The van der Waals surface area contributed by atoms with Gasteiger partial charge in [0, 0.05) is 41.9 Å². The van der Waals surface area contributed by atoms with Crippen molar-refractivity contribution in [1.82, 2.24) is 25.3 Å². The number of halogens is 1. The van der Waals surface area contributed by atoms with Crippen LogP contribution >= 0.6 is 12.2 Å². The molecule has 0 saturated carbocycles. The third-order valence-electron chi connectivity index (χ3n) is 3.75. The van der Waals surface area contributed by atoms with Crippen molar-refractivity contribution in [2.45, 2.75) is 20.3 Å². The third kappa shape index (κ3) is 6.61. The molecule has 4 N–H and O–H groups in total. The smallest absolute Gasteiger partial charge is 0.229 e. The molecule has 0 unspecified atom stereocenters. The van der Waals surface area contributed by atoms with E-state index in [4.69, 9.17) is 12.2 Å². The normalized spacial score (nSPS) is 11.2. The highest BCUT2D eigenvalue weighted by atomic mass is 32.1. The fraction of sp³-hybridized carbons (Fsp3) is 0.211. The number of imidazole rings is 1. The molecule has 29 heavy (non-hydrogen) atoms. The number of nitrogens with zero attached hydrogens (tertiary/aromatic N) is 4. The topological polar surface area (TPSA) is 103 Å². The molecule has 2 heterocycles. The number of aromatic amines is 1. The van der Waals surface area contributed by atoms with E-state index >= 15 is 0 Å². The lowest BCUT2D eigenvalue weighted by Gasteiger charge is -2.14. The summed E-state index contributed by atoms with van der Waals surface area (Å²) in [6, 6.07) is 7.78. The van der Waals surface area contributed by atoms with Crippen LogP contribution < -0.4 is 16.0 Å². The zero-order chi connectivity index (χ0) is 20.6. The minimum Gasteiger partial charge on any atom is -0.348 e. The SMILES string of the molecule is Cc1cc(C)nc(NC(=NCCc2cnc[nH]2)NC(=S)Nc2ccc(F)cc2)n1. The molecule has 0 aliphatic carbocycles. The highest BCUT2D eigenvalue weighted by Gasteiger charge is 2.07. The Balaban J connectivity index is 1.69. The van der Waals surface area contributed by atoms with E-state index in [0.29, 0.717) is 35.7 Å². The molecule has 0 aliphatic rings. The molecular weight excluding hydrogens is 391 g/mol. The molecule has 0 radical (unpaired) electrons. The molecule has 0 bridgehead atoms. The maximum Gasteiger partial charge on any atom is 0.229 e. The van der Waals surface area contributed by atoms with Gasteiger partial charge < -0.3 is 15.6 Å². The van der Waals surface area contributed by atoms with Crippen LogP contribution in [-0.2, 0) is 6.42 Å². The molecule has 3 aromatic rings. The highest BCUT2D eigenvalue weighted by molar-refractivity contribution is 7.80. The first-order valence-electron chi connectivity index (χ1n) is 8.92. The number of H-pyrrole nitrogens is 1. The van der Waals surface area contributed by atoms with Gasteiger partial charge in [0.05, 0.1) is 6.33 Å². The lowest BCUT2D eigenvalue weighted by molar-refractivity contribution is 0.628. The van der Waals surface area contributed by atoms with Crippen molar-refractivity contribution >= 4 is 34.9 Å². The summed E-state index contributed by atoms with van der Waals surface area (Å²) in [7, 11) is 0. The number of anilines is 2. The average molecular weight is 412 g/mol. The predicted molar refractivity (Wildman–Crippen MR) is 115 cm³/mol. The van der Waals surface area contributed by atoms with Gasteiger partial charge in [-0.15, -0.1) is 0 Å². The molecule has 1 aromatic carbocycles.